The van der Waals surface area contributed by atoms with Gasteiger partial charge < -0.3 is 14.8 Å². The average molecular weight is 365 g/mol. The molecule has 0 fully saturated rings. The van der Waals surface area contributed by atoms with Crippen molar-refractivity contribution in [3.8, 4) is 11.5 Å². The van der Waals surface area contributed by atoms with E-state index < -0.39 is 0 Å². The van der Waals surface area contributed by atoms with Crippen LogP contribution in [0.5, 0.6) is 11.5 Å². The lowest BCUT2D eigenvalue weighted by molar-refractivity contribution is 0.0928. The summed E-state index contributed by atoms with van der Waals surface area (Å²) in [5.41, 5.74) is 1.44. The van der Waals surface area contributed by atoms with Crippen molar-refractivity contribution < 1.29 is 14.3 Å². The number of rotatable bonds is 8. The van der Waals surface area contributed by atoms with E-state index in [0.29, 0.717) is 11.4 Å². The lowest BCUT2D eigenvalue weighted by Crippen LogP contribution is -2.28. The van der Waals surface area contributed by atoms with Crippen molar-refractivity contribution in [2.75, 3.05) is 7.11 Å². The number of hydrogen-bond acceptors (Lipinski definition) is 4. The van der Waals surface area contributed by atoms with Gasteiger partial charge in [0.25, 0.3) is 5.91 Å². The Hall–Kier alpha value is -3.28. The molecule has 0 radical (unpaired) electrons. The average Bonchev–Trinajstić information content (AvgIpc) is 3.20. The van der Waals surface area contributed by atoms with Crippen molar-refractivity contribution in [3.63, 3.8) is 0 Å². The van der Waals surface area contributed by atoms with Gasteiger partial charge in [-0.15, -0.1) is 0 Å². The Morgan fingerprint density at radius 1 is 1.07 bits per heavy atom. The third kappa shape index (κ3) is 4.88. The number of amides is 1. The van der Waals surface area contributed by atoms with Gasteiger partial charge in [-0.2, -0.15) is 5.10 Å². The third-order valence-electron chi connectivity index (χ3n) is 4.21. The van der Waals surface area contributed by atoms with Crippen LogP contribution in [0.4, 0.5) is 0 Å². The van der Waals surface area contributed by atoms with Gasteiger partial charge in [0.05, 0.1) is 13.2 Å². The van der Waals surface area contributed by atoms with E-state index in [-0.39, 0.29) is 18.7 Å². The van der Waals surface area contributed by atoms with Crippen molar-refractivity contribution in [2.24, 2.45) is 0 Å². The summed E-state index contributed by atoms with van der Waals surface area (Å²) in [5.74, 6) is 1.27. The Morgan fingerprint density at radius 3 is 2.44 bits per heavy atom. The van der Waals surface area contributed by atoms with Gasteiger partial charge in [-0.1, -0.05) is 37.3 Å². The fourth-order valence-corrected chi connectivity index (χ4v) is 2.71. The van der Waals surface area contributed by atoms with E-state index in [1.807, 2.05) is 61.5 Å². The molecular weight excluding hydrogens is 342 g/mol. The molecule has 1 amide bonds. The summed E-state index contributed by atoms with van der Waals surface area (Å²) in [6.45, 7) is 2.26. The predicted molar refractivity (Wildman–Crippen MR) is 103 cm³/mol. The second kappa shape index (κ2) is 8.89. The van der Waals surface area contributed by atoms with Crippen LogP contribution in [-0.2, 0) is 6.73 Å². The highest BCUT2D eigenvalue weighted by atomic mass is 16.5. The molecule has 1 N–H and O–H groups in total. The number of nitrogens with one attached hydrogen (secondary N) is 1. The maximum atomic E-state index is 12.5. The highest BCUT2D eigenvalue weighted by Crippen LogP contribution is 2.18. The molecule has 3 rings (SSSR count). The topological polar surface area (TPSA) is 65.4 Å². The summed E-state index contributed by atoms with van der Waals surface area (Å²) in [6, 6.07) is 18.9. The normalized spacial score (nSPS) is 11.6. The number of carbonyl (C=O) groups excluding carboxylic acids is 1. The molecule has 6 nitrogen and oxygen atoms in total. The van der Waals surface area contributed by atoms with Crippen molar-refractivity contribution >= 4 is 5.91 Å². The molecule has 0 aliphatic carbocycles. The van der Waals surface area contributed by atoms with Crippen LogP contribution in [-0.4, -0.2) is 22.8 Å². The van der Waals surface area contributed by atoms with Gasteiger partial charge >= 0.3 is 0 Å². The molecule has 27 heavy (non-hydrogen) atoms. The molecule has 1 unspecified atom stereocenters. The fraction of sp³-hybridized carbons (Fsp3) is 0.238. The van der Waals surface area contributed by atoms with E-state index in [0.717, 1.165) is 17.7 Å². The zero-order valence-corrected chi connectivity index (χ0v) is 15.5. The summed E-state index contributed by atoms with van der Waals surface area (Å²) in [5, 5.41) is 7.32. The van der Waals surface area contributed by atoms with Gasteiger partial charge in [0.2, 0.25) is 0 Å². The highest BCUT2D eigenvalue weighted by molar-refractivity contribution is 5.92. The Bertz CT molecular complexity index is 860. The maximum absolute atomic E-state index is 12.5. The minimum Gasteiger partial charge on any atom is -0.497 e. The van der Waals surface area contributed by atoms with E-state index in [2.05, 4.69) is 10.4 Å². The standard InChI is InChI=1S/C21H23N3O3/c1-3-19(16-7-5-4-6-8-16)22-21(25)20-13-14-24(23-20)15-27-18-11-9-17(26-2)10-12-18/h4-14,19H,3,15H2,1-2H3,(H,22,25). The van der Waals surface area contributed by atoms with E-state index in [9.17, 15) is 4.79 Å². The molecule has 140 valence electrons. The monoisotopic (exact) mass is 365 g/mol. The van der Waals surface area contributed by atoms with Crippen LogP contribution < -0.4 is 14.8 Å². The minimum absolute atomic E-state index is 0.0422. The SMILES string of the molecule is CCC(NC(=O)c1ccn(COc2ccc(OC)cc2)n1)c1ccccc1. The molecule has 0 bridgehead atoms. The molecule has 1 heterocycles. The number of ether oxygens (including phenoxy) is 2. The molecule has 0 aliphatic rings. The number of benzene rings is 2. The highest BCUT2D eigenvalue weighted by Gasteiger charge is 2.16. The Labute approximate surface area is 158 Å². The molecule has 1 atom stereocenters. The zero-order chi connectivity index (χ0) is 19.1. The summed E-state index contributed by atoms with van der Waals surface area (Å²) >= 11 is 0. The molecule has 0 saturated heterocycles. The summed E-state index contributed by atoms with van der Waals surface area (Å²) < 4.78 is 12.4. The van der Waals surface area contributed by atoms with Gasteiger partial charge in [0, 0.05) is 6.20 Å². The number of hydrogen-bond donors (Lipinski definition) is 1. The van der Waals surface area contributed by atoms with Crippen LogP contribution in [0.25, 0.3) is 0 Å². The summed E-state index contributed by atoms with van der Waals surface area (Å²) in [4.78, 5) is 12.5. The van der Waals surface area contributed by atoms with E-state index in [1.165, 1.54) is 0 Å². The largest absolute Gasteiger partial charge is 0.497 e. The quantitative estimate of drug-likeness (QED) is 0.659. The zero-order valence-electron chi connectivity index (χ0n) is 15.5. The second-order valence-electron chi connectivity index (χ2n) is 6.03. The van der Waals surface area contributed by atoms with Crippen LogP contribution in [0, 0.1) is 0 Å². The molecule has 0 spiro atoms. The first-order valence-corrected chi connectivity index (χ1v) is 8.85. The first-order valence-electron chi connectivity index (χ1n) is 8.85. The van der Waals surface area contributed by atoms with Gasteiger partial charge in [0.15, 0.2) is 6.73 Å². The van der Waals surface area contributed by atoms with Crippen LogP contribution >= 0.6 is 0 Å². The Kier molecular flexibility index (Phi) is 6.10. The van der Waals surface area contributed by atoms with Gasteiger partial charge in [-0.05, 0) is 42.3 Å². The molecule has 3 aromatic rings. The maximum Gasteiger partial charge on any atom is 0.272 e. The van der Waals surface area contributed by atoms with E-state index in [1.54, 1.807) is 24.1 Å². The number of carbonyl (C=O) groups is 1. The lowest BCUT2D eigenvalue weighted by atomic mass is 10.0. The number of methoxy groups -OCH3 is 1. The molecule has 6 heteroatoms. The second-order valence-corrected chi connectivity index (χ2v) is 6.03. The third-order valence-corrected chi connectivity index (χ3v) is 4.21. The number of nitrogens with zero attached hydrogens (tertiary/aromatic N) is 2. The smallest absolute Gasteiger partial charge is 0.272 e. The first kappa shape index (κ1) is 18.5. The minimum atomic E-state index is -0.200. The van der Waals surface area contributed by atoms with Crippen molar-refractivity contribution in [1.29, 1.82) is 0 Å². The first-order chi connectivity index (χ1) is 13.2. The van der Waals surface area contributed by atoms with Gasteiger partial charge in [-0.3, -0.25) is 4.79 Å². The van der Waals surface area contributed by atoms with Crippen LogP contribution in [0.1, 0.15) is 35.4 Å². The number of aromatic nitrogens is 2. The summed E-state index contributed by atoms with van der Waals surface area (Å²) in [7, 11) is 1.62. The Balaban J connectivity index is 1.58. The van der Waals surface area contributed by atoms with Crippen LogP contribution in [0.3, 0.4) is 0 Å². The van der Waals surface area contributed by atoms with Crippen LogP contribution in [0.15, 0.2) is 66.9 Å². The fourth-order valence-electron chi connectivity index (χ4n) is 2.71. The van der Waals surface area contributed by atoms with Crippen LogP contribution in [0.2, 0.25) is 0 Å². The molecule has 0 aliphatic heterocycles. The molecule has 0 saturated carbocycles. The molecule has 1 aromatic heterocycles. The van der Waals surface area contributed by atoms with E-state index >= 15 is 0 Å². The van der Waals surface area contributed by atoms with Crippen molar-refractivity contribution in [2.45, 2.75) is 26.1 Å². The van der Waals surface area contributed by atoms with Crippen molar-refractivity contribution in [3.05, 3.63) is 78.1 Å². The lowest BCUT2D eigenvalue weighted by Gasteiger charge is -2.16. The molecular formula is C21H23N3O3. The predicted octanol–water partition coefficient (Wildman–Crippen LogP) is 3.81. The van der Waals surface area contributed by atoms with E-state index in [4.69, 9.17) is 9.47 Å². The van der Waals surface area contributed by atoms with Gasteiger partial charge in [-0.25, -0.2) is 4.68 Å². The Morgan fingerprint density at radius 2 is 1.78 bits per heavy atom. The van der Waals surface area contributed by atoms with Gasteiger partial charge in [0.1, 0.15) is 17.2 Å². The van der Waals surface area contributed by atoms with Crippen molar-refractivity contribution in [1.82, 2.24) is 15.1 Å². The summed E-state index contributed by atoms with van der Waals surface area (Å²) in [6.07, 6.45) is 2.53. The molecule has 2 aromatic carbocycles.